The average Bonchev–Trinajstić information content (AvgIpc) is 2.69. The molecule has 0 radical (unpaired) electrons. The van der Waals surface area contributed by atoms with Gasteiger partial charge in [-0.05, 0) is 45.0 Å². The predicted molar refractivity (Wildman–Crippen MR) is 119 cm³/mol. The van der Waals surface area contributed by atoms with Gasteiger partial charge in [-0.25, -0.2) is 0 Å². The number of rotatable bonds is 15. The van der Waals surface area contributed by atoms with Gasteiger partial charge < -0.3 is 37.2 Å². The molecule has 0 aromatic rings. The molecule has 29 heavy (non-hydrogen) atoms. The van der Waals surface area contributed by atoms with Gasteiger partial charge >= 0.3 is 0 Å². The Morgan fingerprint density at radius 1 is 1.24 bits per heavy atom. The normalized spacial score (nSPS) is 15.3. The summed E-state index contributed by atoms with van der Waals surface area (Å²) in [4.78, 5) is 12.3. The molecular weight excluding hydrogens is 370 g/mol. The first kappa shape index (κ1) is 27.1. The highest BCUT2D eigenvalue weighted by molar-refractivity contribution is 5.81. The molecule has 0 saturated heterocycles. The Labute approximate surface area is 175 Å². The molecule has 0 bridgehead atoms. The molecule has 0 aliphatic heterocycles. The first-order chi connectivity index (χ1) is 13.7. The van der Waals surface area contributed by atoms with E-state index in [-0.39, 0.29) is 25.0 Å². The molecule has 0 aromatic carbocycles. The van der Waals surface area contributed by atoms with E-state index in [2.05, 4.69) is 21.3 Å². The number of nitrogens with one attached hydrogen (secondary N) is 4. The van der Waals surface area contributed by atoms with E-state index in [4.69, 9.17) is 10.8 Å². The Kier molecular flexibility index (Phi) is 14.1. The van der Waals surface area contributed by atoms with Crippen LogP contribution in [0.3, 0.4) is 0 Å². The van der Waals surface area contributed by atoms with Crippen LogP contribution < -0.4 is 27.0 Å². The lowest BCUT2D eigenvalue weighted by Gasteiger charge is -2.24. The van der Waals surface area contributed by atoms with Crippen molar-refractivity contribution in [2.45, 2.75) is 51.7 Å². The Morgan fingerprint density at radius 3 is 2.48 bits per heavy atom. The second kappa shape index (κ2) is 15.0. The molecule has 8 N–H and O–H groups in total. The molecule has 0 aromatic heterocycles. The minimum Gasteiger partial charge on any atom is -0.394 e. The van der Waals surface area contributed by atoms with Crippen molar-refractivity contribution in [3.05, 3.63) is 35.7 Å². The molecule has 8 heteroatoms. The molecule has 0 aliphatic carbocycles. The quantitative estimate of drug-likeness (QED) is 0.152. The van der Waals surface area contributed by atoms with E-state index in [1.165, 1.54) is 5.57 Å². The number of carbonyl (C=O) groups excluding carboxylic acids is 1. The van der Waals surface area contributed by atoms with Crippen LogP contribution in [0.4, 0.5) is 0 Å². The van der Waals surface area contributed by atoms with E-state index >= 15 is 0 Å². The van der Waals surface area contributed by atoms with Crippen LogP contribution in [0.25, 0.3) is 0 Å². The summed E-state index contributed by atoms with van der Waals surface area (Å²) in [6, 6.07) is -0.379. The van der Waals surface area contributed by atoms with E-state index < -0.39 is 11.5 Å². The van der Waals surface area contributed by atoms with Crippen LogP contribution in [0.1, 0.15) is 39.5 Å². The van der Waals surface area contributed by atoms with Crippen molar-refractivity contribution in [2.24, 2.45) is 11.1 Å². The Balaban J connectivity index is 4.80. The molecule has 168 valence electrons. The third-order valence-electron chi connectivity index (χ3n) is 4.68. The largest absolute Gasteiger partial charge is 0.394 e. The van der Waals surface area contributed by atoms with Gasteiger partial charge in [0.25, 0.3) is 0 Å². The van der Waals surface area contributed by atoms with Gasteiger partial charge in [0.1, 0.15) is 0 Å². The van der Waals surface area contributed by atoms with Crippen molar-refractivity contribution in [2.75, 3.05) is 34.4 Å². The van der Waals surface area contributed by atoms with Crippen LogP contribution in [-0.2, 0) is 4.79 Å². The van der Waals surface area contributed by atoms with Crippen LogP contribution in [0, 0.1) is 5.41 Å². The highest BCUT2D eigenvalue weighted by atomic mass is 16.3. The van der Waals surface area contributed by atoms with E-state index in [1.54, 1.807) is 14.1 Å². The minimum absolute atomic E-state index is 0.0341. The van der Waals surface area contributed by atoms with Gasteiger partial charge in [0.2, 0.25) is 5.91 Å². The first-order valence-corrected chi connectivity index (χ1v) is 10.1. The second-order valence-corrected chi connectivity index (χ2v) is 7.69. The molecular formula is C21H41N5O3. The fraction of sp³-hybridized carbons (Fsp3) is 0.667. The van der Waals surface area contributed by atoms with Gasteiger partial charge in [-0.2, -0.15) is 0 Å². The smallest absolute Gasteiger partial charge is 0.226 e. The summed E-state index contributed by atoms with van der Waals surface area (Å²) in [5.74, 6) is 0.0341. The lowest BCUT2D eigenvalue weighted by Crippen LogP contribution is -2.40. The van der Waals surface area contributed by atoms with E-state index in [9.17, 15) is 9.90 Å². The van der Waals surface area contributed by atoms with Crippen molar-refractivity contribution in [1.29, 1.82) is 0 Å². The van der Waals surface area contributed by atoms with Crippen molar-refractivity contribution in [3.8, 4) is 0 Å². The van der Waals surface area contributed by atoms with Crippen molar-refractivity contribution >= 4 is 5.91 Å². The summed E-state index contributed by atoms with van der Waals surface area (Å²) in [7, 11) is 5.43. The zero-order chi connectivity index (χ0) is 22.3. The van der Waals surface area contributed by atoms with Gasteiger partial charge in [0.15, 0.2) is 0 Å². The van der Waals surface area contributed by atoms with Crippen LogP contribution in [0.15, 0.2) is 35.7 Å². The van der Waals surface area contributed by atoms with Gasteiger partial charge in [-0.1, -0.05) is 31.6 Å². The number of aliphatic hydroxyl groups is 2. The topological polar surface area (TPSA) is 132 Å². The Bertz CT molecular complexity index is 559. The molecule has 0 saturated carbocycles. The van der Waals surface area contributed by atoms with E-state index in [0.717, 1.165) is 25.0 Å². The number of likely N-dealkylation sites (N-methyl/N-ethyl adjacent to an activating group) is 1. The third-order valence-corrected chi connectivity index (χ3v) is 4.68. The van der Waals surface area contributed by atoms with Crippen LogP contribution in [0.5, 0.6) is 0 Å². The SMILES string of the molecule is CN/C=C(/C/C=C\C=C(/NC)C(N)CC(O)CO)CCC(C)(C)C(=O)NCNC. The van der Waals surface area contributed by atoms with E-state index in [0.29, 0.717) is 6.67 Å². The maximum Gasteiger partial charge on any atom is 0.226 e. The number of amides is 1. The zero-order valence-corrected chi connectivity index (χ0v) is 18.6. The summed E-state index contributed by atoms with van der Waals surface area (Å²) >= 11 is 0. The molecule has 2 atom stereocenters. The van der Waals surface area contributed by atoms with Crippen molar-refractivity contribution < 1.29 is 15.0 Å². The van der Waals surface area contributed by atoms with Gasteiger partial charge in [0, 0.05) is 31.2 Å². The second-order valence-electron chi connectivity index (χ2n) is 7.69. The molecule has 0 aliphatic rings. The highest BCUT2D eigenvalue weighted by Crippen LogP contribution is 2.26. The molecule has 2 unspecified atom stereocenters. The maximum atomic E-state index is 12.3. The number of hydrogen-bond acceptors (Lipinski definition) is 7. The Morgan fingerprint density at radius 2 is 1.93 bits per heavy atom. The third kappa shape index (κ3) is 11.7. The van der Waals surface area contributed by atoms with Crippen LogP contribution in [-0.4, -0.2) is 62.7 Å². The fourth-order valence-corrected chi connectivity index (χ4v) is 2.71. The van der Waals surface area contributed by atoms with Crippen LogP contribution in [0.2, 0.25) is 0 Å². The number of carbonyl (C=O) groups is 1. The number of nitrogens with two attached hydrogens (primary N) is 1. The summed E-state index contributed by atoms with van der Waals surface area (Å²) in [6.07, 6.45) is 9.54. The first-order valence-electron chi connectivity index (χ1n) is 10.1. The molecule has 0 rings (SSSR count). The number of hydrogen-bond donors (Lipinski definition) is 7. The van der Waals surface area contributed by atoms with Crippen molar-refractivity contribution in [3.63, 3.8) is 0 Å². The minimum atomic E-state index is -0.829. The summed E-state index contributed by atoms with van der Waals surface area (Å²) in [5, 5.41) is 30.4. The number of allylic oxidation sites excluding steroid dienone is 4. The van der Waals surface area contributed by atoms with Gasteiger partial charge in [-0.3, -0.25) is 4.79 Å². The highest BCUT2D eigenvalue weighted by Gasteiger charge is 2.26. The molecule has 1 amide bonds. The summed E-state index contributed by atoms with van der Waals surface area (Å²) in [6.45, 7) is 4.06. The maximum absolute atomic E-state index is 12.3. The lowest BCUT2D eigenvalue weighted by atomic mass is 9.85. The monoisotopic (exact) mass is 411 g/mol. The average molecular weight is 412 g/mol. The molecule has 0 heterocycles. The van der Waals surface area contributed by atoms with Crippen LogP contribution >= 0.6 is 0 Å². The van der Waals surface area contributed by atoms with Crippen molar-refractivity contribution in [1.82, 2.24) is 21.3 Å². The van der Waals surface area contributed by atoms with Gasteiger partial charge in [0.05, 0.1) is 19.4 Å². The molecule has 8 nitrogen and oxygen atoms in total. The fourth-order valence-electron chi connectivity index (χ4n) is 2.71. The standard InChI is InChI=1S/C21H41N5O3/c1-21(2,20(29)26-15-24-4)11-10-16(13-23-3)8-6-7-9-19(25-5)18(22)12-17(28)14-27/h6-7,9,13,17-18,23-25,27-28H,8,10-12,14-15,22H2,1-5H3,(H,26,29)/b7-6-,16-13-,19-9-. The molecule has 0 fully saturated rings. The zero-order valence-electron chi connectivity index (χ0n) is 18.6. The summed E-state index contributed by atoms with van der Waals surface area (Å²) < 4.78 is 0. The van der Waals surface area contributed by atoms with Gasteiger partial charge in [-0.15, -0.1) is 0 Å². The molecule has 0 spiro atoms. The van der Waals surface area contributed by atoms with E-state index in [1.807, 2.05) is 45.3 Å². The number of aliphatic hydroxyl groups excluding tert-OH is 2. The lowest BCUT2D eigenvalue weighted by molar-refractivity contribution is -0.129. The predicted octanol–water partition coefficient (Wildman–Crippen LogP) is 0.309. The Hall–Kier alpha value is -1.87. The summed E-state index contributed by atoms with van der Waals surface area (Å²) in [5.41, 5.74) is 7.58.